The highest BCUT2D eigenvalue weighted by atomic mass is 32.2. The summed E-state index contributed by atoms with van der Waals surface area (Å²) in [6.07, 6.45) is 0. The first kappa shape index (κ1) is 18.0. The molecule has 5 aromatic rings. The van der Waals surface area contributed by atoms with Gasteiger partial charge in [-0.2, -0.15) is 0 Å². The molecule has 2 heterocycles. The summed E-state index contributed by atoms with van der Waals surface area (Å²) in [7, 11) is 0. The lowest BCUT2D eigenvalue weighted by Crippen LogP contribution is -1.94. The van der Waals surface area contributed by atoms with Crippen LogP contribution in [0.4, 0.5) is 0 Å². The van der Waals surface area contributed by atoms with Crippen molar-refractivity contribution in [3.05, 3.63) is 96.0 Å². The minimum atomic E-state index is 0.771. The van der Waals surface area contributed by atoms with Crippen LogP contribution in [0.2, 0.25) is 0 Å². The van der Waals surface area contributed by atoms with E-state index in [0.29, 0.717) is 0 Å². The van der Waals surface area contributed by atoms with Crippen LogP contribution in [0.5, 0.6) is 0 Å². The molecular weight excluding hydrogens is 394 g/mol. The van der Waals surface area contributed by atoms with Gasteiger partial charge in [-0.1, -0.05) is 96.7 Å². The molecule has 0 saturated carbocycles. The van der Waals surface area contributed by atoms with Crippen molar-refractivity contribution in [3.8, 4) is 21.8 Å². The van der Waals surface area contributed by atoms with Gasteiger partial charge in [-0.15, -0.1) is 21.5 Å². The maximum absolute atomic E-state index is 4.79. The van der Waals surface area contributed by atoms with Crippen molar-refractivity contribution in [2.75, 3.05) is 0 Å². The number of rotatable bonds is 5. The average Bonchev–Trinajstić information content (AvgIpc) is 3.28. The van der Waals surface area contributed by atoms with Gasteiger partial charge >= 0.3 is 0 Å². The minimum absolute atomic E-state index is 0.771. The standard InChI is InChI=1S/C24H17N3S2/c1-3-9-17(10-4-1)22-20-13-7-8-14-21(20)24(27-26-22)29-16-19-15-28-23(25-19)18-11-5-2-6-12-18/h1-15H,16H2. The van der Waals surface area contributed by atoms with Crippen molar-refractivity contribution in [1.82, 2.24) is 15.2 Å². The molecule has 0 aliphatic carbocycles. The molecule has 2 aromatic heterocycles. The first-order chi connectivity index (χ1) is 14.4. The predicted octanol–water partition coefficient (Wildman–Crippen LogP) is 6.71. The van der Waals surface area contributed by atoms with E-state index in [-0.39, 0.29) is 0 Å². The van der Waals surface area contributed by atoms with Crippen LogP contribution < -0.4 is 0 Å². The third kappa shape index (κ3) is 3.79. The number of fused-ring (bicyclic) bond motifs is 1. The third-order valence-electron chi connectivity index (χ3n) is 4.63. The highest BCUT2D eigenvalue weighted by Gasteiger charge is 2.12. The first-order valence-electron chi connectivity index (χ1n) is 9.32. The van der Waals surface area contributed by atoms with E-state index < -0.39 is 0 Å². The van der Waals surface area contributed by atoms with Crippen molar-refractivity contribution >= 4 is 33.9 Å². The Labute approximate surface area is 177 Å². The maximum Gasteiger partial charge on any atom is 0.127 e. The van der Waals surface area contributed by atoms with Crippen LogP contribution in [0.15, 0.2) is 95.3 Å². The molecule has 5 heteroatoms. The summed E-state index contributed by atoms with van der Waals surface area (Å²) >= 11 is 3.37. The van der Waals surface area contributed by atoms with Crippen LogP contribution in [0.1, 0.15) is 5.69 Å². The Morgan fingerprint density at radius 1 is 0.690 bits per heavy atom. The molecule has 0 amide bonds. The summed E-state index contributed by atoms with van der Waals surface area (Å²) in [4.78, 5) is 4.79. The Hall–Kier alpha value is -3.02. The summed E-state index contributed by atoms with van der Waals surface area (Å²) in [6, 6.07) is 28.9. The normalized spacial score (nSPS) is 11.0. The second-order valence-electron chi connectivity index (χ2n) is 6.56. The fraction of sp³-hybridized carbons (Fsp3) is 0.0417. The number of hydrogen-bond donors (Lipinski definition) is 0. The molecule has 140 valence electrons. The van der Waals surface area contributed by atoms with E-state index in [9.17, 15) is 0 Å². The Bertz CT molecular complexity index is 1250. The zero-order chi connectivity index (χ0) is 19.5. The predicted molar refractivity (Wildman–Crippen MR) is 122 cm³/mol. The number of aromatic nitrogens is 3. The van der Waals surface area contributed by atoms with Gasteiger partial charge in [0.1, 0.15) is 15.7 Å². The van der Waals surface area contributed by atoms with E-state index in [1.54, 1.807) is 23.1 Å². The summed E-state index contributed by atoms with van der Waals surface area (Å²) < 4.78 is 0. The molecule has 0 aliphatic rings. The quantitative estimate of drug-likeness (QED) is 0.301. The zero-order valence-electron chi connectivity index (χ0n) is 15.5. The van der Waals surface area contributed by atoms with Crippen LogP contribution in [0.25, 0.3) is 32.6 Å². The molecule has 0 bridgehead atoms. The fourth-order valence-corrected chi connectivity index (χ4v) is 5.02. The molecule has 3 nitrogen and oxygen atoms in total. The summed E-state index contributed by atoms with van der Waals surface area (Å²) in [5.74, 6) is 0.771. The smallest absolute Gasteiger partial charge is 0.127 e. The molecule has 0 saturated heterocycles. The van der Waals surface area contributed by atoms with E-state index in [1.807, 2.05) is 36.4 Å². The summed E-state index contributed by atoms with van der Waals surface area (Å²) in [5, 5.41) is 15.5. The molecule has 0 aliphatic heterocycles. The molecular formula is C24H17N3S2. The molecule has 0 atom stereocenters. The molecule has 0 radical (unpaired) electrons. The number of hydrogen-bond acceptors (Lipinski definition) is 5. The topological polar surface area (TPSA) is 38.7 Å². The lowest BCUT2D eigenvalue weighted by Gasteiger charge is -2.08. The lowest BCUT2D eigenvalue weighted by atomic mass is 10.1. The molecule has 29 heavy (non-hydrogen) atoms. The zero-order valence-corrected chi connectivity index (χ0v) is 17.2. The molecule has 0 fully saturated rings. The van der Waals surface area contributed by atoms with Gasteiger partial charge in [-0.25, -0.2) is 4.98 Å². The lowest BCUT2D eigenvalue weighted by molar-refractivity contribution is 0.960. The van der Waals surface area contributed by atoms with Gasteiger partial charge < -0.3 is 0 Å². The molecule has 0 spiro atoms. The van der Waals surface area contributed by atoms with Gasteiger partial charge in [0.15, 0.2) is 0 Å². The largest absolute Gasteiger partial charge is 0.240 e. The fourth-order valence-electron chi connectivity index (χ4n) is 3.22. The second-order valence-corrected chi connectivity index (χ2v) is 8.39. The SMILES string of the molecule is c1ccc(-c2nc(CSc3nnc(-c4ccccc4)c4ccccc34)cs2)cc1. The Balaban J connectivity index is 1.43. The Morgan fingerprint density at radius 3 is 2.10 bits per heavy atom. The third-order valence-corrected chi connectivity index (χ3v) is 6.59. The highest BCUT2D eigenvalue weighted by molar-refractivity contribution is 7.98. The Kier molecular flexibility index (Phi) is 5.07. The molecule has 3 aromatic carbocycles. The van der Waals surface area contributed by atoms with Crippen molar-refractivity contribution < 1.29 is 0 Å². The van der Waals surface area contributed by atoms with Crippen LogP contribution in [-0.2, 0) is 5.75 Å². The Morgan fingerprint density at radius 2 is 1.34 bits per heavy atom. The van der Waals surface area contributed by atoms with Crippen molar-refractivity contribution in [2.24, 2.45) is 0 Å². The number of thioether (sulfide) groups is 1. The van der Waals surface area contributed by atoms with Gasteiger partial charge in [-0.05, 0) is 0 Å². The second kappa shape index (κ2) is 8.15. The maximum atomic E-state index is 4.79. The molecule has 5 rings (SSSR count). The van der Waals surface area contributed by atoms with Crippen molar-refractivity contribution in [3.63, 3.8) is 0 Å². The summed E-state index contributed by atoms with van der Waals surface area (Å²) in [6.45, 7) is 0. The highest BCUT2D eigenvalue weighted by Crippen LogP contribution is 2.33. The monoisotopic (exact) mass is 411 g/mol. The van der Waals surface area contributed by atoms with E-state index in [2.05, 4.69) is 64.1 Å². The number of benzene rings is 3. The van der Waals surface area contributed by atoms with Gasteiger partial charge in [0.05, 0.1) is 5.69 Å². The van der Waals surface area contributed by atoms with Crippen molar-refractivity contribution in [2.45, 2.75) is 10.8 Å². The van der Waals surface area contributed by atoms with Gasteiger partial charge in [0, 0.05) is 33.0 Å². The van der Waals surface area contributed by atoms with E-state index in [1.165, 1.54) is 0 Å². The van der Waals surface area contributed by atoms with Crippen LogP contribution in [0.3, 0.4) is 0 Å². The average molecular weight is 412 g/mol. The van der Waals surface area contributed by atoms with E-state index in [0.717, 1.165) is 49.1 Å². The van der Waals surface area contributed by atoms with Crippen LogP contribution in [0, 0.1) is 0 Å². The van der Waals surface area contributed by atoms with Gasteiger partial charge in [0.2, 0.25) is 0 Å². The van der Waals surface area contributed by atoms with E-state index >= 15 is 0 Å². The van der Waals surface area contributed by atoms with Crippen LogP contribution >= 0.6 is 23.1 Å². The number of nitrogens with zero attached hydrogens (tertiary/aromatic N) is 3. The summed E-state index contributed by atoms with van der Waals surface area (Å²) in [5.41, 5.74) is 4.23. The van der Waals surface area contributed by atoms with E-state index in [4.69, 9.17) is 4.98 Å². The van der Waals surface area contributed by atoms with Gasteiger partial charge in [0.25, 0.3) is 0 Å². The molecule has 0 N–H and O–H groups in total. The van der Waals surface area contributed by atoms with Gasteiger partial charge in [-0.3, -0.25) is 0 Å². The minimum Gasteiger partial charge on any atom is -0.240 e. The van der Waals surface area contributed by atoms with Crippen LogP contribution in [-0.4, -0.2) is 15.2 Å². The first-order valence-corrected chi connectivity index (χ1v) is 11.2. The molecule has 0 unspecified atom stereocenters. The number of thiazole rings is 1. The van der Waals surface area contributed by atoms with Crippen molar-refractivity contribution in [1.29, 1.82) is 0 Å².